The molecule has 1 unspecified atom stereocenters. The number of rotatable bonds is 5. The molecular weight excluding hydrogens is 358 g/mol. The molecule has 1 aromatic rings. The van der Waals surface area contributed by atoms with Crippen LogP contribution >= 0.6 is 11.8 Å². The highest BCUT2D eigenvalue weighted by molar-refractivity contribution is 8.14. The van der Waals surface area contributed by atoms with E-state index in [0.717, 1.165) is 17.3 Å². The second-order valence-electron chi connectivity index (χ2n) is 6.05. The summed E-state index contributed by atoms with van der Waals surface area (Å²) >= 11 is 1.02. The summed E-state index contributed by atoms with van der Waals surface area (Å²) in [7, 11) is 3.13. The number of likely N-dealkylation sites (tertiary alicyclic amines) is 1. The van der Waals surface area contributed by atoms with Crippen molar-refractivity contribution in [3.63, 3.8) is 0 Å². The van der Waals surface area contributed by atoms with Gasteiger partial charge in [0.1, 0.15) is 0 Å². The number of benzene rings is 1. The summed E-state index contributed by atoms with van der Waals surface area (Å²) in [5.41, 5.74) is 0.882. The lowest BCUT2D eigenvalue weighted by molar-refractivity contribution is -0.126. The van der Waals surface area contributed by atoms with Crippen LogP contribution in [0.5, 0.6) is 11.5 Å². The minimum atomic E-state index is -0.225. The molecule has 2 saturated heterocycles. The van der Waals surface area contributed by atoms with E-state index in [1.165, 1.54) is 4.90 Å². The van der Waals surface area contributed by atoms with E-state index in [9.17, 15) is 14.4 Å². The van der Waals surface area contributed by atoms with Gasteiger partial charge in [-0.05, 0) is 24.1 Å². The minimum Gasteiger partial charge on any atom is -0.493 e. The van der Waals surface area contributed by atoms with Crippen molar-refractivity contribution < 1.29 is 23.9 Å². The van der Waals surface area contributed by atoms with Gasteiger partial charge in [-0.15, -0.1) is 0 Å². The topological polar surface area (TPSA) is 88.2 Å². The summed E-state index contributed by atoms with van der Waals surface area (Å²) in [6.07, 6.45) is 0.613. The largest absolute Gasteiger partial charge is 0.493 e. The number of carbonyl (C=O) groups is 3. The van der Waals surface area contributed by atoms with Crippen LogP contribution in [0.1, 0.15) is 12.0 Å². The van der Waals surface area contributed by atoms with E-state index in [1.54, 1.807) is 25.2 Å². The lowest BCUT2D eigenvalue weighted by atomic mass is 10.2. The smallest absolute Gasteiger partial charge is 0.317 e. The van der Waals surface area contributed by atoms with Gasteiger partial charge in [-0.1, -0.05) is 17.8 Å². The number of methoxy groups -OCH3 is 2. The molecule has 0 aromatic heterocycles. The Labute approximate surface area is 155 Å². The third kappa shape index (κ3) is 3.72. The molecule has 1 atom stereocenters. The van der Waals surface area contributed by atoms with Gasteiger partial charge in [0.05, 0.1) is 26.0 Å². The number of nitrogens with one attached hydrogen (secondary N) is 1. The first-order chi connectivity index (χ1) is 12.5. The number of thioether (sulfide) groups is 1. The van der Waals surface area contributed by atoms with Crippen LogP contribution in [0.3, 0.4) is 0 Å². The Bertz CT molecular complexity index is 710. The maximum absolute atomic E-state index is 12.4. The number of imide groups is 1. The summed E-state index contributed by atoms with van der Waals surface area (Å²) in [5, 5.41) is 2.65. The molecule has 0 saturated carbocycles. The molecule has 9 heteroatoms. The summed E-state index contributed by atoms with van der Waals surface area (Å²) in [6.45, 7) is 1.23. The average Bonchev–Trinajstić information content (AvgIpc) is 3.25. The molecule has 0 spiro atoms. The quantitative estimate of drug-likeness (QED) is 0.838. The van der Waals surface area contributed by atoms with Crippen molar-refractivity contribution >= 4 is 28.9 Å². The molecule has 2 aliphatic rings. The van der Waals surface area contributed by atoms with Crippen molar-refractivity contribution in [2.24, 2.45) is 0 Å². The fourth-order valence-electron chi connectivity index (χ4n) is 3.13. The van der Waals surface area contributed by atoms with Crippen LogP contribution in [-0.2, 0) is 11.3 Å². The van der Waals surface area contributed by atoms with Crippen LogP contribution in [0.25, 0.3) is 0 Å². The summed E-state index contributed by atoms with van der Waals surface area (Å²) in [4.78, 5) is 38.9. The first-order valence-electron chi connectivity index (χ1n) is 8.26. The van der Waals surface area contributed by atoms with Crippen molar-refractivity contribution in [2.45, 2.75) is 19.0 Å². The predicted octanol–water partition coefficient (Wildman–Crippen LogP) is 1.68. The summed E-state index contributed by atoms with van der Waals surface area (Å²) in [5.74, 6) is 1.25. The first-order valence-corrected chi connectivity index (χ1v) is 9.24. The molecule has 2 fully saturated rings. The van der Waals surface area contributed by atoms with E-state index in [1.807, 2.05) is 12.1 Å². The molecule has 0 bridgehead atoms. The highest BCUT2D eigenvalue weighted by Gasteiger charge is 2.40. The summed E-state index contributed by atoms with van der Waals surface area (Å²) in [6, 6.07) is 5.01. The molecule has 0 aliphatic carbocycles. The second-order valence-corrected chi connectivity index (χ2v) is 6.98. The van der Waals surface area contributed by atoms with Crippen LogP contribution in [0.15, 0.2) is 18.2 Å². The zero-order chi connectivity index (χ0) is 18.7. The molecular formula is C17H21N3O5S. The SMILES string of the molecule is COc1ccc(CNC(=O)N2CCC(N3C(=O)CSC3=O)C2)cc1OC. The van der Waals surface area contributed by atoms with Crippen molar-refractivity contribution in [3.05, 3.63) is 23.8 Å². The molecule has 0 radical (unpaired) electrons. The van der Waals surface area contributed by atoms with E-state index in [2.05, 4.69) is 5.32 Å². The third-order valence-corrected chi connectivity index (χ3v) is 5.33. The van der Waals surface area contributed by atoms with Gasteiger partial charge in [0.25, 0.3) is 5.24 Å². The fraction of sp³-hybridized carbons (Fsp3) is 0.471. The van der Waals surface area contributed by atoms with Crippen molar-refractivity contribution in [1.29, 1.82) is 0 Å². The van der Waals surface area contributed by atoms with Gasteiger partial charge in [-0.3, -0.25) is 14.5 Å². The maximum Gasteiger partial charge on any atom is 0.317 e. The highest BCUT2D eigenvalue weighted by Crippen LogP contribution is 2.28. The molecule has 2 heterocycles. The van der Waals surface area contributed by atoms with Gasteiger partial charge < -0.3 is 19.7 Å². The highest BCUT2D eigenvalue weighted by atomic mass is 32.2. The molecule has 4 amide bonds. The molecule has 1 aromatic carbocycles. The van der Waals surface area contributed by atoms with Gasteiger partial charge in [0.15, 0.2) is 11.5 Å². The van der Waals surface area contributed by atoms with Gasteiger partial charge in [0.2, 0.25) is 5.91 Å². The van der Waals surface area contributed by atoms with Gasteiger partial charge in [0, 0.05) is 19.6 Å². The Balaban J connectivity index is 1.54. The van der Waals surface area contributed by atoms with E-state index in [-0.39, 0.29) is 29.0 Å². The molecule has 26 heavy (non-hydrogen) atoms. The fourth-order valence-corrected chi connectivity index (χ4v) is 3.91. The first kappa shape index (κ1) is 18.4. The van der Waals surface area contributed by atoms with Crippen LogP contribution < -0.4 is 14.8 Å². The summed E-state index contributed by atoms with van der Waals surface area (Å²) < 4.78 is 10.4. The number of hydrogen-bond acceptors (Lipinski definition) is 6. The normalized spacial score (nSPS) is 19.8. The second kappa shape index (κ2) is 7.86. The van der Waals surface area contributed by atoms with E-state index in [0.29, 0.717) is 37.6 Å². The Morgan fingerprint density at radius 2 is 2.04 bits per heavy atom. The van der Waals surface area contributed by atoms with Crippen molar-refractivity contribution in [2.75, 3.05) is 33.1 Å². The lowest BCUT2D eigenvalue weighted by Gasteiger charge is -2.22. The Morgan fingerprint density at radius 3 is 2.69 bits per heavy atom. The molecule has 140 valence electrons. The van der Waals surface area contributed by atoms with Crippen LogP contribution in [0, 0.1) is 0 Å². The Kier molecular flexibility index (Phi) is 5.55. The van der Waals surface area contributed by atoms with E-state index in [4.69, 9.17) is 9.47 Å². The van der Waals surface area contributed by atoms with Crippen LogP contribution in [-0.4, -0.2) is 66.1 Å². The van der Waals surface area contributed by atoms with Crippen LogP contribution in [0.2, 0.25) is 0 Å². The average molecular weight is 379 g/mol. The number of nitrogens with zero attached hydrogens (tertiary/aromatic N) is 2. The van der Waals surface area contributed by atoms with Gasteiger partial charge in [-0.2, -0.15) is 0 Å². The lowest BCUT2D eigenvalue weighted by Crippen LogP contribution is -2.43. The Hall–Kier alpha value is -2.42. The predicted molar refractivity (Wildman–Crippen MR) is 96.5 cm³/mol. The number of amides is 4. The van der Waals surface area contributed by atoms with Crippen molar-refractivity contribution in [3.8, 4) is 11.5 Å². The van der Waals surface area contributed by atoms with Gasteiger partial charge in [-0.25, -0.2) is 4.79 Å². The molecule has 2 aliphatic heterocycles. The number of ether oxygens (including phenoxy) is 2. The number of carbonyl (C=O) groups excluding carboxylic acids is 3. The molecule has 3 rings (SSSR count). The Morgan fingerprint density at radius 1 is 1.27 bits per heavy atom. The standard InChI is InChI=1S/C17H21N3O5S/c1-24-13-4-3-11(7-14(13)25-2)8-18-16(22)19-6-5-12(9-19)20-15(21)10-26-17(20)23/h3-4,7,12H,5-6,8-10H2,1-2H3,(H,18,22). The molecule has 1 N–H and O–H groups in total. The van der Waals surface area contributed by atoms with Crippen molar-refractivity contribution in [1.82, 2.24) is 15.1 Å². The van der Waals surface area contributed by atoms with Crippen LogP contribution in [0.4, 0.5) is 9.59 Å². The zero-order valence-corrected chi connectivity index (χ0v) is 15.5. The minimum absolute atomic E-state index is 0.169. The van der Waals surface area contributed by atoms with Gasteiger partial charge >= 0.3 is 6.03 Å². The monoisotopic (exact) mass is 379 g/mol. The third-order valence-electron chi connectivity index (χ3n) is 4.49. The van der Waals surface area contributed by atoms with E-state index < -0.39 is 0 Å². The zero-order valence-electron chi connectivity index (χ0n) is 14.7. The van der Waals surface area contributed by atoms with E-state index >= 15 is 0 Å². The molecule has 8 nitrogen and oxygen atoms in total. The maximum atomic E-state index is 12.4. The number of urea groups is 1. The number of hydrogen-bond donors (Lipinski definition) is 1.